The predicted molar refractivity (Wildman–Crippen MR) is 84.3 cm³/mol. The molecule has 112 valence electrons. The molecule has 0 bridgehead atoms. The van der Waals surface area contributed by atoms with E-state index in [2.05, 4.69) is 15.0 Å². The number of aryl methyl sites for hydroxylation is 2. The molecule has 3 aromatic rings. The third-order valence-corrected chi connectivity index (χ3v) is 4.47. The molecule has 0 aliphatic heterocycles. The van der Waals surface area contributed by atoms with Gasteiger partial charge in [-0.25, -0.2) is 14.8 Å². The van der Waals surface area contributed by atoms with Crippen LogP contribution in [-0.4, -0.2) is 28.0 Å². The summed E-state index contributed by atoms with van der Waals surface area (Å²) in [4.78, 5) is 36.5. The smallest absolute Gasteiger partial charge is 0.348 e. The van der Waals surface area contributed by atoms with Crippen molar-refractivity contribution in [2.75, 3.05) is 7.11 Å². The van der Waals surface area contributed by atoms with Gasteiger partial charge in [0, 0.05) is 5.69 Å². The molecule has 3 heterocycles. The Balaban J connectivity index is 2.25. The molecular formula is C15H13N3O3S. The number of hydrogen-bond donors (Lipinski definition) is 1. The van der Waals surface area contributed by atoms with E-state index >= 15 is 0 Å². The van der Waals surface area contributed by atoms with Crippen molar-refractivity contribution in [2.24, 2.45) is 0 Å². The molecule has 22 heavy (non-hydrogen) atoms. The summed E-state index contributed by atoms with van der Waals surface area (Å²) in [7, 11) is 1.31. The zero-order valence-electron chi connectivity index (χ0n) is 12.3. The minimum absolute atomic E-state index is 0.285. The summed E-state index contributed by atoms with van der Waals surface area (Å²) in [6.45, 7) is 3.58. The third-order valence-electron chi connectivity index (χ3n) is 3.30. The van der Waals surface area contributed by atoms with Gasteiger partial charge >= 0.3 is 5.97 Å². The molecule has 6 nitrogen and oxygen atoms in total. The summed E-state index contributed by atoms with van der Waals surface area (Å²) in [6.07, 6.45) is 0. The summed E-state index contributed by atoms with van der Waals surface area (Å²) < 4.78 is 4.74. The zero-order valence-corrected chi connectivity index (χ0v) is 13.1. The second-order valence-electron chi connectivity index (χ2n) is 4.81. The Kier molecular flexibility index (Phi) is 3.50. The number of rotatable bonds is 2. The number of nitrogens with zero attached hydrogens (tertiary/aromatic N) is 2. The van der Waals surface area contributed by atoms with Crippen LogP contribution in [0.25, 0.3) is 21.7 Å². The Morgan fingerprint density at radius 3 is 2.73 bits per heavy atom. The molecule has 0 spiro atoms. The maximum atomic E-state index is 12.3. The first-order valence-corrected chi connectivity index (χ1v) is 7.38. The number of methoxy groups -OCH3 is 1. The molecule has 0 fully saturated rings. The number of thiophene rings is 1. The number of aromatic nitrogens is 3. The fourth-order valence-corrected chi connectivity index (χ4v) is 3.33. The monoisotopic (exact) mass is 315 g/mol. The Bertz CT molecular complexity index is 943. The average molecular weight is 315 g/mol. The second kappa shape index (κ2) is 5.34. The van der Waals surface area contributed by atoms with Crippen molar-refractivity contribution < 1.29 is 9.53 Å². The molecule has 7 heteroatoms. The topological polar surface area (TPSA) is 84.9 Å². The summed E-state index contributed by atoms with van der Waals surface area (Å²) in [5, 5.41) is 0.418. The number of esters is 1. The Morgan fingerprint density at radius 1 is 1.27 bits per heavy atom. The largest absolute Gasteiger partial charge is 0.465 e. The van der Waals surface area contributed by atoms with E-state index < -0.39 is 5.97 Å². The van der Waals surface area contributed by atoms with Gasteiger partial charge in [-0.15, -0.1) is 11.3 Å². The van der Waals surface area contributed by atoms with Gasteiger partial charge in [0.15, 0.2) is 5.82 Å². The summed E-state index contributed by atoms with van der Waals surface area (Å²) >= 11 is 1.15. The lowest BCUT2D eigenvalue weighted by atomic mass is 10.2. The number of carbonyl (C=O) groups is 1. The summed E-state index contributed by atoms with van der Waals surface area (Å²) in [6, 6.07) is 5.49. The van der Waals surface area contributed by atoms with Crippen LogP contribution in [0.15, 0.2) is 23.0 Å². The van der Waals surface area contributed by atoms with E-state index in [9.17, 15) is 9.59 Å². The normalized spacial score (nSPS) is 10.9. The van der Waals surface area contributed by atoms with Crippen molar-refractivity contribution in [2.45, 2.75) is 13.8 Å². The average Bonchev–Trinajstić information content (AvgIpc) is 2.84. The summed E-state index contributed by atoms with van der Waals surface area (Å²) in [5.74, 6) is -0.0750. The van der Waals surface area contributed by atoms with Crippen LogP contribution in [0.2, 0.25) is 0 Å². The van der Waals surface area contributed by atoms with Crippen LogP contribution in [0.3, 0.4) is 0 Å². The first-order chi connectivity index (χ1) is 10.5. The number of carbonyl (C=O) groups excluding carboxylic acids is 1. The van der Waals surface area contributed by atoms with Gasteiger partial charge in [0.05, 0.1) is 12.5 Å². The molecule has 0 amide bonds. The molecule has 3 aromatic heterocycles. The molecule has 0 atom stereocenters. The highest BCUT2D eigenvalue weighted by molar-refractivity contribution is 7.20. The standard InChI is InChI=1S/C15H13N3O3S/c1-7-5-4-6-9(16-7)12-17-13(19)10-8(2)11(15(20)21-3)22-14(10)18-12/h4-6H,1-3H3,(H,17,18,19). The van der Waals surface area contributed by atoms with Gasteiger partial charge in [0.25, 0.3) is 5.56 Å². The third kappa shape index (κ3) is 2.29. The number of H-pyrrole nitrogens is 1. The van der Waals surface area contributed by atoms with Crippen LogP contribution < -0.4 is 5.56 Å². The van der Waals surface area contributed by atoms with E-state index in [0.717, 1.165) is 17.0 Å². The first kappa shape index (κ1) is 14.4. The number of pyridine rings is 1. The number of aromatic amines is 1. The van der Waals surface area contributed by atoms with Gasteiger partial charge in [-0.3, -0.25) is 4.79 Å². The first-order valence-electron chi connectivity index (χ1n) is 6.57. The van der Waals surface area contributed by atoms with Gasteiger partial charge in [0.2, 0.25) is 0 Å². The molecular weight excluding hydrogens is 302 g/mol. The lowest BCUT2D eigenvalue weighted by molar-refractivity contribution is 0.0605. The Morgan fingerprint density at radius 2 is 2.05 bits per heavy atom. The minimum atomic E-state index is -0.463. The minimum Gasteiger partial charge on any atom is -0.465 e. The van der Waals surface area contributed by atoms with E-state index in [1.807, 2.05) is 19.1 Å². The van der Waals surface area contributed by atoms with Gasteiger partial charge in [-0.2, -0.15) is 0 Å². The summed E-state index contributed by atoms with van der Waals surface area (Å²) in [5.41, 5.74) is 1.72. The van der Waals surface area contributed by atoms with E-state index in [0.29, 0.717) is 32.2 Å². The van der Waals surface area contributed by atoms with Gasteiger partial charge in [-0.1, -0.05) is 6.07 Å². The highest BCUT2D eigenvalue weighted by Gasteiger charge is 2.20. The fourth-order valence-electron chi connectivity index (χ4n) is 2.23. The van der Waals surface area contributed by atoms with Gasteiger partial charge in [-0.05, 0) is 31.5 Å². The van der Waals surface area contributed by atoms with E-state index in [4.69, 9.17) is 4.74 Å². The number of nitrogens with one attached hydrogen (secondary N) is 1. The van der Waals surface area contributed by atoms with Crippen LogP contribution >= 0.6 is 11.3 Å². The lowest BCUT2D eigenvalue weighted by Gasteiger charge is -2.01. The van der Waals surface area contributed by atoms with Crippen molar-refractivity contribution in [1.29, 1.82) is 0 Å². The molecule has 3 rings (SSSR count). The lowest BCUT2D eigenvalue weighted by Crippen LogP contribution is -2.10. The highest BCUT2D eigenvalue weighted by Crippen LogP contribution is 2.28. The SMILES string of the molecule is COC(=O)c1sc2nc(-c3cccc(C)n3)[nH]c(=O)c2c1C. The van der Waals surface area contributed by atoms with Crippen molar-refractivity contribution in [3.63, 3.8) is 0 Å². The van der Waals surface area contributed by atoms with Gasteiger partial charge < -0.3 is 9.72 Å². The predicted octanol–water partition coefficient (Wildman–Crippen LogP) is 2.45. The Labute approximate surface area is 129 Å². The highest BCUT2D eigenvalue weighted by atomic mass is 32.1. The molecule has 1 N–H and O–H groups in total. The molecule has 0 saturated heterocycles. The number of hydrogen-bond acceptors (Lipinski definition) is 6. The van der Waals surface area contributed by atoms with Crippen molar-refractivity contribution in [3.8, 4) is 11.5 Å². The molecule has 0 radical (unpaired) electrons. The maximum Gasteiger partial charge on any atom is 0.348 e. The zero-order chi connectivity index (χ0) is 15.9. The molecule has 0 saturated carbocycles. The fraction of sp³-hybridized carbons (Fsp3) is 0.200. The molecule has 0 aromatic carbocycles. The van der Waals surface area contributed by atoms with Crippen LogP contribution in [-0.2, 0) is 4.74 Å². The van der Waals surface area contributed by atoms with E-state index in [1.165, 1.54) is 7.11 Å². The van der Waals surface area contributed by atoms with Crippen molar-refractivity contribution in [1.82, 2.24) is 15.0 Å². The van der Waals surface area contributed by atoms with Crippen LogP contribution in [0.1, 0.15) is 20.9 Å². The molecule has 0 aliphatic rings. The van der Waals surface area contributed by atoms with Crippen LogP contribution in [0.4, 0.5) is 0 Å². The van der Waals surface area contributed by atoms with E-state index in [1.54, 1.807) is 13.0 Å². The number of ether oxygens (including phenoxy) is 1. The van der Waals surface area contributed by atoms with Crippen LogP contribution in [0.5, 0.6) is 0 Å². The molecule has 0 unspecified atom stereocenters. The Hall–Kier alpha value is -2.54. The maximum absolute atomic E-state index is 12.3. The molecule has 0 aliphatic carbocycles. The quantitative estimate of drug-likeness (QED) is 0.734. The van der Waals surface area contributed by atoms with E-state index in [-0.39, 0.29) is 5.56 Å². The van der Waals surface area contributed by atoms with Crippen molar-refractivity contribution in [3.05, 3.63) is 44.7 Å². The number of fused-ring (bicyclic) bond motifs is 1. The van der Waals surface area contributed by atoms with Gasteiger partial charge in [0.1, 0.15) is 15.4 Å². The van der Waals surface area contributed by atoms with Crippen LogP contribution in [0, 0.1) is 13.8 Å². The van der Waals surface area contributed by atoms with Crippen molar-refractivity contribution >= 4 is 27.5 Å². The second-order valence-corrected chi connectivity index (χ2v) is 5.81.